The molecule has 1 N–H and O–H groups in total. The molecule has 0 aromatic carbocycles. The number of hydrogen-bond acceptors (Lipinski definition) is 4. The fourth-order valence-electron chi connectivity index (χ4n) is 2.25. The van der Waals surface area contributed by atoms with Crippen LogP contribution in [-0.2, 0) is 10.0 Å². The van der Waals surface area contributed by atoms with Crippen molar-refractivity contribution in [3.63, 3.8) is 0 Å². The van der Waals surface area contributed by atoms with Gasteiger partial charge in [-0.2, -0.15) is 4.31 Å². The molecule has 0 radical (unpaired) electrons. The summed E-state index contributed by atoms with van der Waals surface area (Å²) in [4.78, 5) is 4.14. The van der Waals surface area contributed by atoms with Gasteiger partial charge in [0.2, 0.25) is 10.0 Å². The lowest BCUT2D eigenvalue weighted by molar-refractivity contribution is 0.305. The van der Waals surface area contributed by atoms with Crippen molar-refractivity contribution in [2.75, 3.05) is 13.2 Å². The van der Waals surface area contributed by atoms with Crippen LogP contribution in [0, 0.1) is 11.8 Å². The first kappa shape index (κ1) is 15.0. The van der Waals surface area contributed by atoms with Crippen molar-refractivity contribution < 1.29 is 13.5 Å². The number of nitrogens with zero attached hydrogens (tertiary/aromatic N) is 2. The maximum absolute atomic E-state index is 12.5. The van der Waals surface area contributed by atoms with Gasteiger partial charge in [0.25, 0.3) is 0 Å². The monoisotopic (exact) mass is 294 g/mol. The SMILES string of the molecule is CC1CCCN1S(=O)(=O)c1cncc(C#CCCO)c1. The van der Waals surface area contributed by atoms with Gasteiger partial charge in [-0.15, -0.1) is 0 Å². The van der Waals surface area contributed by atoms with E-state index in [4.69, 9.17) is 5.11 Å². The molecule has 0 aliphatic carbocycles. The third kappa shape index (κ3) is 3.18. The van der Waals surface area contributed by atoms with Gasteiger partial charge in [0.1, 0.15) is 4.90 Å². The van der Waals surface area contributed by atoms with Gasteiger partial charge in [-0.25, -0.2) is 8.42 Å². The minimum absolute atomic E-state index is 0.0102. The highest BCUT2D eigenvalue weighted by atomic mass is 32.2. The number of hydrogen-bond donors (Lipinski definition) is 1. The van der Waals surface area contributed by atoms with E-state index in [0.29, 0.717) is 18.5 Å². The number of aliphatic hydroxyl groups is 1. The number of aromatic nitrogens is 1. The van der Waals surface area contributed by atoms with Crippen LogP contribution < -0.4 is 0 Å². The Bertz CT molecular complexity index is 631. The molecule has 1 fully saturated rings. The second kappa shape index (κ2) is 6.35. The summed E-state index contributed by atoms with van der Waals surface area (Å²) in [5.74, 6) is 5.56. The van der Waals surface area contributed by atoms with Crippen LogP contribution in [0.15, 0.2) is 23.4 Å². The Morgan fingerprint density at radius 1 is 1.50 bits per heavy atom. The van der Waals surface area contributed by atoms with Crippen molar-refractivity contribution in [2.45, 2.75) is 37.1 Å². The largest absolute Gasteiger partial charge is 0.395 e. The molecule has 2 heterocycles. The standard InChI is InChI=1S/C14H18N2O3S/c1-12-5-4-7-16(12)20(18,19)14-9-13(10-15-11-14)6-2-3-8-17/h9-12,17H,3-5,7-8H2,1H3. The fraction of sp³-hybridized carbons (Fsp3) is 0.500. The predicted molar refractivity (Wildman–Crippen MR) is 75.4 cm³/mol. The lowest BCUT2D eigenvalue weighted by atomic mass is 10.3. The van der Waals surface area contributed by atoms with Crippen LogP contribution in [0.4, 0.5) is 0 Å². The van der Waals surface area contributed by atoms with Crippen LogP contribution in [-0.4, -0.2) is 42.0 Å². The van der Waals surface area contributed by atoms with Crippen LogP contribution in [0.5, 0.6) is 0 Å². The molecule has 1 aliphatic rings. The van der Waals surface area contributed by atoms with E-state index in [-0.39, 0.29) is 17.5 Å². The highest BCUT2D eigenvalue weighted by molar-refractivity contribution is 7.89. The molecule has 1 aliphatic heterocycles. The molecule has 1 aromatic rings. The van der Waals surface area contributed by atoms with Crippen LogP contribution in [0.2, 0.25) is 0 Å². The van der Waals surface area contributed by atoms with E-state index in [9.17, 15) is 8.42 Å². The van der Waals surface area contributed by atoms with Crippen LogP contribution in [0.1, 0.15) is 31.7 Å². The summed E-state index contributed by atoms with van der Waals surface area (Å²) >= 11 is 0. The molecule has 6 heteroatoms. The highest BCUT2D eigenvalue weighted by Crippen LogP contribution is 2.25. The molecule has 2 rings (SSSR count). The first-order valence-electron chi connectivity index (χ1n) is 6.62. The van der Waals surface area contributed by atoms with Gasteiger partial charge in [0.15, 0.2) is 0 Å². The number of aliphatic hydroxyl groups excluding tert-OH is 1. The molecule has 1 atom stereocenters. The average Bonchev–Trinajstić information content (AvgIpc) is 2.86. The summed E-state index contributed by atoms with van der Waals surface area (Å²) in [7, 11) is -3.49. The first-order chi connectivity index (χ1) is 9.55. The lowest BCUT2D eigenvalue weighted by Crippen LogP contribution is -2.33. The van der Waals surface area contributed by atoms with Gasteiger partial charge in [-0.1, -0.05) is 11.8 Å². The van der Waals surface area contributed by atoms with Gasteiger partial charge < -0.3 is 5.11 Å². The molecule has 0 saturated carbocycles. The van der Waals surface area contributed by atoms with Gasteiger partial charge >= 0.3 is 0 Å². The minimum Gasteiger partial charge on any atom is -0.395 e. The molecule has 0 spiro atoms. The fourth-order valence-corrected chi connectivity index (χ4v) is 3.94. The Morgan fingerprint density at radius 3 is 2.95 bits per heavy atom. The molecular formula is C14H18N2O3S. The van der Waals surface area contributed by atoms with E-state index < -0.39 is 10.0 Å². The molecule has 1 aromatic heterocycles. The molecule has 1 unspecified atom stereocenters. The van der Waals surface area contributed by atoms with Crippen molar-refractivity contribution >= 4 is 10.0 Å². The maximum Gasteiger partial charge on any atom is 0.244 e. The Kier molecular flexibility index (Phi) is 4.76. The Morgan fingerprint density at radius 2 is 2.30 bits per heavy atom. The van der Waals surface area contributed by atoms with Gasteiger partial charge in [-0.05, 0) is 25.8 Å². The van der Waals surface area contributed by atoms with Crippen molar-refractivity contribution in [3.05, 3.63) is 24.0 Å². The van der Waals surface area contributed by atoms with E-state index in [0.717, 1.165) is 12.8 Å². The Balaban J connectivity index is 2.29. The zero-order valence-electron chi connectivity index (χ0n) is 11.4. The zero-order valence-corrected chi connectivity index (χ0v) is 12.2. The third-order valence-electron chi connectivity index (χ3n) is 3.28. The van der Waals surface area contributed by atoms with Crippen LogP contribution in [0.25, 0.3) is 0 Å². The van der Waals surface area contributed by atoms with E-state index in [1.54, 1.807) is 0 Å². The Labute approximate surface area is 119 Å². The van der Waals surface area contributed by atoms with E-state index in [1.165, 1.54) is 22.8 Å². The topological polar surface area (TPSA) is 70.5 Å². The van der Waals surface area contributed by atoms with E-state index in [1.807, 2.05) is 6.92 Å². The normalized spacial score (nSPS) is 19.6. The van der Waals surface area contributed by atoms with E-state index in [2.05, 4.69) is 16.8 Å². The summed E-state index contributed by atoms with van der Waals surface area (Å²) in [5, 5.41) is 8.68. The second-order valence-electron chi connectivity index (χ2n) is 4.79. The minimum atomic E-state index is -3.49. The molecule has 0 amide bonds. The Hall–Kier alpha value is -1.42. The van der Waals surface area contributed by atoms with Gasteiger partial charge in [-0.3, -0.25) is 4.98 Å². The molecule has 108 valence electrons. The van der Waals surface area contributed by atoms with Gasteiger partial charge in [0, 0.05) is 37.0 Å². The highest BCUT2D eigenvalue weighted by Gasteiger charge is 2.32. The number of pyridine rings is 1. The van der Waals surface area contributed by atoms with Crippen molar-refractivity contribution in [1.82, 2.24) is 9.29 Å². The zero-order chi connectivity index (χ0) is 14.6. The van der Waals surface area contributed by atoms with Crippen LogP contribution in [0.3, 0.4) is 0 Å². The molecule has 1 saturated heterocycles. The maximum atomic E-state index is 12.5. The van der Waals surface area contributed by atoms with Crippen molar-refractivity contribution in [1.29, 1.82) is 0 Å². The average molecular weight is 294 g/mol. The molecule has 0 bridgehead atoms. The molecular weight excluding hydrogens is 276 g/mol. The van der Waals surface area contributed by atoms with Gasteiger partial charge in [0.05, 0.1) is 6.61 Å². The lowest BCUT2D eigenvalue weighted by Gasteiger charge is -2.20. The number of sulfonamides is 1. The predicted octanol–water partition coefficient (Wildman–Crippen LogP) is 0.989. The summed E-state index contributed by atoms with van der Waals surface area (Å²) < 4.78 is 26.6. The quantitative estimate of drug-likeness (QED) is 0.844. The number of rotatable bonds is 3. The summed E-state index contributed by atoms with van der Waals surface area (Å²) in [6.45, 7) is 2.47. The molecule has 20 heavy (non-hydrogen) atoms. The first-order valence-corrected chi connectivity index (χ1v) is 8.06. The third-order valence-corrected chi connectivity index (χ3v) is 5.26. The summed E-state index contributed by atoms with van der Waals surface area (Å²) in [6.07, 6.45) is 5.03. The van der Waals surface area contributed by atoms with Crippen molar-refractivity contribution in [3.8, 4) is 11.8 Å². The van der Waals surface area contributed by atoms with Crippen molar-refractivity contribution in [2.24, 2.45) is 0 Å². The smallest absolute Gasteiger partial charge is 0.244 e. The summed E-state index contributed by atoms with van der Waals surface area (Å²) in [6, 6.07) is 1.57. The summed E-state index contributed by atoms with van der Waals surface area (Å²) in [5.41, 5.74) is 0.548. The second-order valence-corrected chi connectivity index (χ2v) is 6.68. The van der Waals surface area contributed by atoms with E-state index >= 15 is 0 Å². The molecule has 5 nitrogen and oxygen atoms in total. The van der Waals surface area contributed by atoms with Crippen LogP contribution >= 0.6 is 0 Å².